The summed E-state index contributed by atoms with van der Waals surface area (Å²) in [5.41, 5.74) is 0.997. The topological polar surface area (TPSA) is 104 Å². The molecule has 7 nitrogen and oxygen atoms in total. The van der Waals surface area contributed by atoms with Crippen molar-refractivity contribution in [3.8, 4) is 0 Å². The summed E-state index contributed by atoms with van der Waals surface area (Å²) >= 11 is 0. The zero-order valence-electron chi connectivity index (χ0n) is 13.1. The Hall–Kier alpha value is -2.06. The average molecular weight is 273 g/mol. The molecule has 1 aromatic carbocycles. The van der Waals surface area contributed by atoms with Gasteiger partial charge >= 0.3 is 0 Å². The van der Waals surface area contributed by atoms with Crippen LogP contribution in [0.3, 0.4) is 0 Å². The Labute approximate surface area is 109 Å². The number of benzene rings is 1. The molecule has 1 heterocycles. The maximum Gasteiger partial charge on any atom is 0.263 e. The molecule has 0 aliphatic rings. The highest BCUT2D eigenvalue weighted by molar-refractivity contribution is 7.92. The number of nitrogens with one attached hydrogen (secondary N) is 2. The zero-order valence-corrected chi connectivity index (χ0v) is 9.92. The van der Waals surface area contributed by atoms with E-state index in [2.05, 4.69) is 5.16 Å². The predicted molar refractivity (Wildman–Crippen MR) is 63.9 cm³/mol. The molecular formula is C10H11N3O4S. The third-order valence-corrected chi connectivity index (χ3v) is 3.07. The van der Waals surface area contributed by atoms with Crippen molar-refractivity contribution in [2.45, 2.75) is 11.8 Å². The molecule has 0 aliphatic carbocycles. The first-order valence-electron chi connectivity index (χ1n) is 6.65. The Morgan fingerprint density at radius 3 is 2.56 bits per heavy atom. The van der Waals surface area contributed by atoms with Crippen LogP contribution in [0.4, 0.5) is 11.5 Å². The lowest BCUT2D eigenvalue weighted by molar-refractivity contribution is 0.389. The number of hydrogen-bond acceptors (Lipinski definition) is 6. The first-order valence-corrected chi connectivity index (χ1v) is 6.14. The van der Waals surface area contributed by atoms with Gasteiger partial charge in [0, 0.05) is 6.07 Å². The van der Waals surface area contributed by atoms with Gasteiger partial charge in [-0.15, -0.1) is 0 Å². The quantitative estimate of drug-likeness (QED) is 0.731. The van der Waals surface area contributed by atoms with E-state index < -0.39 is 44.8 Å². The van der Waals surface area contributed by atoms with Crippen LogP contribution in [0.1, 0.15) is 11.2 Å². The van der Waals surface area contributed by atoms with Crippen LogP contribution in [0, 0.1) is 6.92 Å². The Morgan fingerprint density at radius 2 is 2.06 bits per heavy atom. The molecule has 0 saturated carbocycles. The van der Waals surface area contributed by atoms with Gasteiger partial charge in [0.25, 0.3) is 10.0 Å². The van der Waals surface area contributed by atoms with Crippen molar-refractivity contribution in [1.82, 2.24) is 5.16 Å². The minimum atomic E-state index is -4.43. The maximum atomic E-state index is 12.3. The summed E-state index contributed by atoms with van der Waals surface area (Å²) in [5.74, 6) is 0.191. The number of anilines is 2. The van der Waals surface area contributed by atoms with E-state index in [0.717, 1.165) is 0 Å². The van der Waals surface area contributed by atoms with Crippen molar-refractivity contribution in [2.24, 2.45) is 0 Å². The number of nitrogens with zero attached hydrogens (tertiary/aromatic N) is 1. The zero-order chi connectivity index (χ0) is 16.7. The van der Waals surface area contributed by atoms with Gasteiger partial charge in [-0.1, -0.05) is 5.16 Å². The van der Waals surface area contributed by atoms with Gasteiger partial charge in [-0.25, -0.2) is 8.42 Å². The van der Waals surface area contributed by atoms with Crippen LogP contribution in [0.15, 0.2) is 39.7 Å². The van der Waals surface area contributed by atoms with Crippen molar-refractivity contribution in [2.75, 3.05) is 10.2 Å². The van der Waals surface area contributed by atoms with E-state index in [0.29, 0.717) is 5.76 Å². The van der Waals surface area contributed by atoms with Gasteiger partial charge in [0.15, 0.2) is 5.82 Å². The average Bonchev–Trinajstić information content (AvgIpc) is 2.81. The smallest absolute Gasteiger partial charge is 0.263 e. The minimum Gasteiger partial charge on any atom is -0.360 e. The van der Waals surface area contributed by atoms with Crippen molar-refractivity contribution in [3.63, 3.8) is 0 Å². The fourth-order valence-corrected chi connectivity index (χ4v) is 1.94. The van der Waals surface area contributed by atoms with Crippen LogP contribution in [-0.4, -0.2) is 18.8 Å². The van der Waals surface area contributed by atoms with Gasteiger partial charge in [-0.2, -0.15) is 0 Å². The van der Waals surface area contributed by atoms with Crippen LogP contribution in [0.25, 0.3) is 0 Å². The first-order chi connectivity index (χ1) is 10.2. The highest BCUT2D eigenvalue weighted by Crippen LogP contribution is 2.17. The molecule has 0 aliphatic heterocycles. The molecule has 0 fully saturated rings. The monoisotopic (exact) mass is 273 g/mol. The Kier molecular flexibility index (Phi) is 2.10. The van der Waals surface area contributed by atoms with Gasteiger partial charge in [0.1, 0.15) is 5.76 Å². The van der Waals surface area contributed by atoms with E-state index in [9.17, 15) is 8.42 Å². The van der Waals surface area contributed by atoms with Crippen molar-refractivity contribution >= 4 is 21.5 Å². The molecule has 0 unspecified atom stereocenters. The fraction of sp³-hybridized carbons (Fsp3) is 0.100. The summed E-state index contributed by atoms with van der Waals surface area (Å²) in [4.78, 5) is -0.859. The second kappa shape index (κ2) is 4.67. The third kappa shape index (κ3) is 2.60. The van der Waals surface area contributed by atoms with E-state index in [1.807, 2.05) is 4.72 Å². The molecule has 0 amide bonds. The summed E-state index contributed by atoms with van der Waals surface area (Å²) < 4.78 is 61.9. The van der Waals surface area contributed by atoms with E-state index in [4.69, 9.17) is 15.2 Å². The molecule has 0 radical (unpaired) electrons. The van der Waals surface area contributed by atoms with Gasteiger partial charge < -0.3 is 4.52 Å². The predicted octanol–water partition coefficient (Wildman–Crippen LogP) is 1.58. The molecule has 0 atom stereocenters. The SMILES string of the molecule is [2H]c1c([2H])c(S(=O)(=O)Nc2cc(C)on2)c([2H])c([2H])c1NO. The molecule has 0 bridgehead atoms. The number of hydrogen-bond donors (Lipinski definition) is 3. The van der Waals surface area contributed by atoms with Crippen LogP contribution < -0.4 is 10.2 Å². The molecular weight excluding hydrogens is 258 g/mol. The Bertz CT molecular complexity index is 808. The molecule has 2 rings (SSSR count). The van der Waals surface area contributed by atoms with Gasteiger partial charge in [-0.3, -0.25) is 15.4 Å². The summed E-state index contributed by atoms with van der Waals surface area (Å²) in [7, 11) is -4.43. The second-order valence-corrected chi connectivity index (χ2v) is 4.86. The summed E-state index contributed by atoms with van der Waals surface area (Å²) in [6.45, 7) is 1.54. The van der Waals surface area contributed by atoms with Gasteiger partial charge in [0.05, 0.1) is 16.1 Å². The lowest BCUT2D eigenvalue weighted by atomic mass is 10.3. The Morgan fingerprint density at radius 1 is 1.39 bits per heavy atom. The maximum absolute atomic E-state index is 12.3. The minimum absolute atomic E-state index is 0.154. The van der Waals surface area contributed by atoms with Crippen molar-refractivity contribution in [3.05, 3.63) is 36.0 Å². The van der Waals surface area contributed by atoms with Gasteiger partial charge in [-0.05, 0) is 31.1 Å². The standard InChI is InChI=1S/C10H11N3O4S/c1-7-6-10(12-17-7)13-18(15,16)9-4-2-8(11-14)3-5-9/h2-6,11,14H,1H3,(H,12,13)/i2D,3D,4D,5D. The van der Waals surface area contributed by atoms with E-state index in [1.54, 1.807) is 6.92 Å². The fourth-order valence-electron chi connectivity index (χ4n) is 1.09. The number of rotatable bonds is 4. The Balaban J connectivity index is 2.61. The highest BCUT2D eigenvalue weighted by Gasteiger charge is 2.15. The third-order valence-electron chi connectivity index (χ3n) is 1.85. The molecule has 0 spiro atoms. The van der Waals surface area contributed by atoms with Gasteiger partial charge in [0.2, 0.25) is 0 Å². The van der Waals surface area contributed by atoms with Crippen LogP contribution >= 0.6 is 0 Å². The van der Waals surface area contributed by atoms with E-state index in [-0.39, 0.29) is 5.82 Å². The van der Waals surface area contributed by atoms with Crippen molar-refractivity contribution in [1.29, 1.82) is 0 Å². The number of aryl methyl sites for hydroxylation is 1. The largest absolute Gasteiger partial charge is 0.360 e. The number of aromatic nitrogens is 1. The van der Waals surface area contributed by atoms with Crippen LogP contribution in [-0.2, 0) is 10.0 Å². The van der Waals surface area contributed by atoms with Crippen molar-refractivity contribution < 1.29 is 23.6 Å². The lowest BCUT2D eigenvalue weighted by Gasteiger charge is -2.05. The van der Waals surface area contributed by atoms with Crippen LogP contribution in [0.2, 0.25) is 0 Å². The molecule has 18 heavy (non-hydrogen) atoms. The summed E-state index contributed by atoms with van der Waals surface area (Å²) in [6, 6.07) is -1.81. The lowest BCUT2D eigenvalue weighted by Crippen LogP contribution is -2.13. The first kappa shape index (κ1) is 8.11. The number of sulfonamides is 1. The normalized spacial score (nSPS) is 14.3. The molecule has 96 valence electrons. The summed E-state index contributed by atoms with van der Waals surface area (Å²) in [6.07, 6.45) is 0. The highest BCUT2D eigenvalue weighted by atomic mass is 32.2. The molecule has 2 aromatic rings. The summed E-state index contributed by atoms with van der Waals surface area (Å²) in [5, 5.41) is 12.3. The second-order valence-electron chi connectivity index (χ2n) is 3.24. The molecule has 3 N–H and O–H groups in total. The van der Waals surface area contributed by atoms with Crippen LogP contribution in [0.5, 0.6) is 0 Å². The van der Waals surface area contributed by atoms with E-state index in [1.165, 1.54) is 11.5 Å². The molecule has 1 aromatic heterocycles. The van der Waals surface area contributed by atoms with E-state index >= 15 is 0 Å². The molecule has 8 heteroatoms. The molecule has 0 saturated heterocycles.